The molecule has 1 aromatic heterocycles. The van der Waals surface area contributed by atoms with E-state index < -0.39 is 21.7 Å². The maximum absolute atomic E-state index is 13.3. The third-order valence-electron chi connectivity index (χ3n) is 4.73. The van der Waals surface area contributed by atoms with Crippen molar-refractivity contribution in [2.45, 2.75) is 17.9 Å². The number of sulfonamides is 1. The van der Waals surface area contributed by atoms with E-state index in [0.717, 1.165) is 28.5 Å². The number of rotatable bonds is 4. The SMILES string of the molecule is O=C(Nc1ccc(F)c(Cl)c1)c1sccc1S(=O)(=O)N1CCc2ccccc2C1. The van der Waals surface area contributed by atoms with Gasteiger partial charge in [-0.05, 0) is 47.2 Å². The Bertz CT molecular complexity index is 1190. The van der Waals surface area contributed by atoms with Gasteiger partial charge in [0.1, 0.15) is 15.6 Å². The number of nitrogens with one attached hydrogen (secondary N) is 1. The molecule has 3 aromatic rings. The number of amides is 1. The van der Waals surface area contributed by atoms with E-state index in [0.29, 0.717) is 13.0 Å². The molecular formula is C20H16ClFN2O3S2. The molecule has 0 spiro atoms. The van der Waals surface area contributed by atoms with E-state index >= 15 is 0 Å². The van der Waals surface area contributed by atoms with E-state index in [9.17, 15) is 17.6 Å². The third-order valence-corrected chi connectivity index (χ3v) is 7.95. The standard InChI is InChI=1S/C20H16ClFN2O3S2/c21-16-11-15(5-6-17(16)22)23-20(25)19-18(8-10-28-19)29(26,27)24-9-7-13-3-1-2-4-14(13)12-24/h1-6,8,10-11H,7,9,12H2,(H,23,25). The zero-order chi connectivity index (χ0) is 20.6. The Balaban J connectivity index is 1.59. The number of benzene rings is 2. The highest BCUT2D eigenvalue weighted by atomic mass is 35.5. The molecule has 4 rings (SSSR count). The molecule has 0 fully saturated rings. The molecule has 0 aliphatic carbocycles. The lowest BCUT2D eigenvalue weighted by molar-refractivity contribution is 0.102. The molecule has 0 saturated carbocycles. The first-order valence-corrected chi connectivity index (χ1v) is 11.5. The van der Waals surface area contributed by atoms with Gasteiger partial charge in [0, 0.05) is 18.8 Å². The second-order valence-electron chi connectivity index (χ2n) is 6.55. The van der Waals surface area contributed by atoms with Crippen LogP contribution in [0.5, 0.6) is 0 Å². The molecule has 1 aliphatic heterocycles. The molecule has 0 radical (unpaired) electrons. The zero-order valence-electron chi connectivity index (χ0n) is 15.1. The van der Waals surface area contributed by atoms with E-state index in [2.05, 4.69) is 5.32 Å². The van der Waals surface area contributed by atoms with E-state index in [-0.39, 0.29) is 27.0 Å². The molecule has 29 heavy (non-hydrogen) atoms. The fourth-order valence-electron chi connectivity index (χ4n) is 3.24. The highest BCUT2D eigenvalue weighted by Gasteiger charge is 2.32. The Kier molecular flexibility index (Phi) is 5.44. The van der Waals surface area contributed by atoms with Crippen molar-refractivity contribution in [2.75, 3.05) is 11.9 Å². The summed E-state index contributed by atoms with van der Waals surface area (Å²) in [7, 11) is -3.85. The van der Waals surface area contributed by atoms with Crippen LogP contribution in [0, 0.1) is 5.82 Å². The van der Waals surface area contributed by atoms with Crippen molar-refractivity contribution in [1.29, 1.82) is 0 Å². The second-order valence-corrected chi connectivity index (χ2v) is 9.78. The molecule has 9 heteroatoms. The summed E-state index contributed by atoms with van der Waals surface area (Å²) in [4.78, 5) is 12.7. The number of carbonyl (C=O) groups is 1. The third kappa shape index (κ3) is 3.93. The Labute approximate surface area is 176 Å². The Morgan fingerprint density at radius 1 is 1.14 bits per heavy atom. The van der Waals surface area contributed by atoms with Crippen LogP contribution in [0.3, 0.4) is 0 Å². The van der Waals surface area contributed by atoms with Crippen LogP contribution >= 0.6 is 22.9 Å². The van der Waals surface area contributed by atoms with Crippen LogP contribution < -0.4 is 5.32 Å². The predicted octanol–water partition coefficient (Wildman–Crippen LogP) is 4.54. The van der Waals surface area contributed by atoms with Gasteiger partial charge in [-0.2, -0.15) is 4.31 Å². The number of nitrogens with zero attached hydrogens (tertiary/aromatic N) is 1. The van der Waals surface area contributed by atoms with Crippen LogP contribution in [0.1, 0.15) is 20.8 Å². The molecular weight excluding hydrogens is 435 g/mol. The van der Waals surface area contributed by atoms with Gasteiger partial charge in [0.25, 0.3) is 5.91 Å². The molecule has 2 heterocycles. The molecule has 0 unspecified atom stereocenters. The van der Waals surface area contributed by atoms with Gasteiger partial charge in [0.05, 0.1) is 5.02 Å². The molecule has 0 saturated heterocycles. The second kappa shape index (κ2) is 7.87. The first-order chi connectivity index (χ1) is 13.9. The molecule has 150 valence electrons. The quantitative estimate of drug-likeness (QED) is 0.634. The van der Waals surface area contributed by atoms with Gasteiger partial charge in [0.15, 0.2) is 0 Å². The van der Waals surface area contributed by atoms with E-state index in [1.54, 1.807) is 5.38 Å². The van der Waals surface area contributed by atoms with Crippen LogP contribution in [0.25, 0.3) is 0 Å². The van der Waals surface area contributed by atoms with Crippen molar-refractivity contribution in [2.24, 2.45) is 0 Å². The van der Waals surface area contributed by atoms with Crippen LogP contribution in [-0.2, 0) is 23.0 Å². The number of fused-ring (bicyclic) bond motifs is 1. The number of halogens is 2. The summed E-state index contributed by atoms with van der Waals surface area (Å²) >= 11 is 6.78. The summed E-state index contributed by atoms with van der Waals surface area (Å²) in [6.07, 6.45) is 0.620. The average Bonchev–Trinajstić information content (AvgIpc) is 3.21. The number of hydrogen-bond donors (Lipinski definition) is 1. The van der Waals surface area contributed by atoms with Crippen molar-refractivity contribution in [3.8, 4) is 0 Å². The Morgan fingerprint density at radius 3 is 2.66 bits per heavy atom. The largest absolute Gasteiger partial charge is 0.321 e. The fourth-order valence-corrected chi connectivity index (χ4v) is 6.14. The van der Waals surface area contributed by atoms with Crippen molar-refractivity contribution in [1.82, 2.24) is 4.31 Å². The minimum absolute atomic E-state index is 0.0346. The van der Waals surface area contributed by atoms with Gasteiger partial charge in [-0.25, -0.2) is 12.8 Å². The summed E-state index contributed by atoms with van der Waals surface area (Å²) in [5.41, 5.74) is 2.38. The maximum Gasteiger partial charge on any atom is 0.267 e. The number of carbonyl (C=O) groups excluding carboxylic acids is 1. The Morgan fingerprint density at radius 2 is 1.90 bits per heavy atom. The summed E-state index contributed by atoms with van der Waals surface area (Å²) in [5, 5.41) is 4.02. The monoisotopic (exact) mass is 450 g/mol. The minimum atomic E-state index is -3.85. The van der Waals surface area contributed by atoms with Crippen molar-refractivity contribution >= 4 is 44.6 Å². The van der Waals surface area contributed by atoms with Crippen LogP contribution in [0.4, 0.5) is 10.1 Å². The van der Waals surface area contributed by atoms with Gasteiger partial charge in [-0.15, -0.1) is 11.3 Å². The summed E-state index contributed by atoms with van der Waals surface area (Å²) < 4.78 is 41.1. The molecule has 1 aliphatic rings. The zero-order valence-corrected chi connectivity index (χ0v) is 17.5. The lowest BCUT2D eigenvalue weighted by atomic mass is 10.0. The maximum atomic E-state index is 13.3. The molecule has 0 atom stereocenters. The van der Waals surface area contributed by atoms with Crippen LogP contribution in [0.2, 0.25) is 5.02 Å². The molecule has 1 N–H and O–H groups in total. The Hall–Kier alpha value is -2.26. The summed E-state index contributed by atoms with van der Waals surface area (Å²) in [6, 6.07) is 12.9. The van der Waals surface area contributed by atoms with E-state index in [1.807, 2.05) is 24.3 Å². The van der Waals surface area contributed by atoms with Crippen molar-refractivity contribution < 1.29 is 17.6 Å². The summed E-state index contributed by atoms with van der Waals surface area (Å²) in [5.74, 6) is -1.19. The minimum Gasteiger partial charge on any atom is -0.321 e. The topological polar surface area (TPSA) is 66.5 Å². The molecule has 1 amide bonds. The normalized spacial score (nSPS) is 14.4. The molecule has 0 bridgehead atoms. The predicted molar refractivity (Wildman–Crippen MR) is 111 cm³/mol. The molecule has 2 aromatic carbocycles. The molecule has 5 nitrogen and oxygen atoms in total. The first kappa shape index (κ1) is 20.0. The van der Waals surface area contributed by atoms with E-state index in [4.69, 9.17) is 11.6 Å². The smallest absolute Gasteiger partial charge is 0.267 e. The van der Waals surface area contributed by atoms with Gasteiger partial charge < -0.3 is 5.32 Å². The van der Waals surface area contributed by atoms with Crippen LogP contribution in [0.15, 0.2) is 58.8 Å². The summed E-state index contributed by atoms with van der Waals surface area (Å²) in [6.45, 7) is 0.618. The van der Waals surface area contributed by atoms with Gasteiger partial charge in [-0.3, -0.25) is 4.79 Å². The van der Waals surface area contributed by atoms with Crippen molar-refractivity contribution in [3.63, 3.8) is 0 Å². The first-order valence-electron chi connectivity index (χ1n) is 8.77. The van der Waals surface area contributed by atoms with Gasteiger partial charge in [-0.1, -0.05) is 35.9 Å². The number of hydrogen-bond acceptors (Lipinski definition) is 4. The number of anilines is 1. The lowest BCUT2D eigenvalue weighted by Gasteiger charge is -2.28. The lowest BCUT2D eigenvalue weighted by Crippen LogP contribution is -2.36. The highest BCUT2D eigenvalue weighted by Crippen LogP contribution is 2.30. The van der Waals surface area contributed by atoms with Gasteiger partial charge in [0.2, 0.25) is 10.0 Å². The highest BCUT2D eigenvalue weighted by molar-refractivity contribution is 7.89. The van der Waals surface area contributed by atoms with Gasteiger partial charge >= 0.3 is 0 Å². The van der Waals surface area contributed by atoms with Crippen LogP contribution in [-0.4, -0.2) is 25.2 Å². The van der Waals surface area contributed by atoms with Crippen molar-refractivity contribution in [3.05, 3.63) is 80.8 Å². The number of thiophene rings is 1. The average molecular weight is 451 g/mol. The van der Waals surface area contributed by atoms with E-state index in [1.165, 1.54) is 22.5 Å². The fraction of sp³-hybridized carbons (Fsp3) is 0.150.